The van der Waals surface area contributed by atoms with E-state index in [4.69, 9.17) is 0 Å². The molecule has 1 amide bonds. The summed E-state index contributed by atoms with van der Waals surface area (Å²) in [4.78, 5) is 16.3. The number of rotatable bonds is 2. The normalized spacial score (nSPS) is 24.9. The largest absolute Gasteiger partial charge is 0.390 e. The third kappa shape index (κ3) is 3.12. The highest BCUT2D eigenvalue weighted by Crippen LogP contribution is 2.24. The Hall–Kier alpha value is -0.870. The van der Waals surface area contributed by atoms with Gasteiger partial charge in [0.15, 0.2) is 0 Å². The Morgan fingerprint density at radius 3 is 2.89 bits per heavy atom. The van der Waals surface area contributed by atoms with Crippen LogP contribution in [-0.4, -0.2) is 34.6 Å². The van der Waals surface area contributed by atoms with Crippen molar-refractivity contribution in [2.45, 2.75) is 45.1 Å². The minimum Gasteiger partial charge on any atom is -0.390 e. The van der Waals surface area contributed by atoms with Gasteiger partial charge in [0.25, 0.3) is 5.91 Å². The molecule has 4 heteroatoms. The van der Waals surface area contributed by atoms with Gasteiger partial charge in [-0.25, -0.2) is 0 Å². The number of thiophene rings is 1. The van der Waals surface area contributed by atoms with E-state index < -0.39 is 5.60 Å². The van der Waals surface area contributed by atoms with Gasteiger partial charge >= 0.3 is 0 Å². The molecule has 0 aliphatic carbocycles. The first kappa shape index (κ1) is 13.6. The average molecular weight is 267 g/mol. The Morgan fingerprint density at radius 2 is 2.22 bits per heavy atom. The van der Waals surface area contributed by atoms with E-state index in [1.807, 2.05) is 24.0 Å². The zero-order valence-electron chi connectivity index (χ0n) is 11.1. The predicted molar refractivity (Wildman–Crippen MR) is 74.1 cm³/mol. The van der Waals surface area contributed by atoms with Gasteiger partial charge in [0.1, 0.15) is 0 Å². The molecule has 1 aliphatic heterocycles. The van der Waals surface area contributed by atoms with Gasteiger partial charge in [-0.05, 0) is 44.7 Å². The summed E-state index contributed by atoms with van der Waals surface area (Å²) in [6.07, 6.45) is 3.31. The van der Waals surface area contributed by atoms with Crippen LogP contribution < -0.4 is 0 Å². The van der Waals surface area contributed by atoms with E-state index in [0.717, 1.165) is 30.7 Å². The van der Waals surface area contributed by atoms with Gasteiger partial charge in [-0.3, -0.25) is 4.79 Å². The highest BCUT2D eigenvalue weighted by atomic mass is 32.1. The zero-order chi connectivity index (χ0) is 13.2. The van der Waals surface area contributed by atoms with Crippen molar-refractivity contribution < 1.29 is 9.90 Å². The number of aliphatic hydroxyl groups is 1. The lowest BCUT2D eigenvalue weighted by Crippen LogP contribution is -2.33. The van der Waals surface area contributed by atoms with E-state index in [2.05, 4.69) is 6.92 Å². The van der Waals surface area contributed by atoms with Crippen molar-refractivity contribution in [3.05, 3.63) is 21.9 Å². The lowest BCUT2D eigenvalue weighted by atomic mass is 9.98. The van der Waals surface area contributed by atoms with Crippen LogP contribution in [0.3, 0.4) is 0 Å². The van der Waals surface area contributed by atoms with Crippen LogP contribution in [0.4, 0.5) is 0 Å². The van der Waals surface area contributed by atoms with E-state index in [1.165, 1.54) is 4.88 Å². The lowest BCUT2D eigenvalue weighted by Gasteiger charge is -2.22. The number of hydrogen-bond acceptors (Lipinski definition) is 3. The second-order valence-corrected chi connectivity index (χ2v) is 6.43. The van der Waals surface area contributed by atoms with Crippen molar-refractivity contribution in [3.63, 3.8) is 0 Å². The number of amides is 1. The zero-order valence-corrected chi connectivity index (χ0v) is 11.9. The molecule has 0 bridgehead atoms. The van der Waals surface area contributed by atoms with Gasteiger partial charge in [-0.15, -0.1) is 11.3 Å². The number of carbonyl (C=O) groups excluding carboxylic acids is 1. The maximum Gasteiger partial charge on any atom is 0.263 e. The fourth-order valence-corrected chi connectivity index (χ4v) is 3.22. The second-order valence-electron chi connectivity index (χ2n) is 5.26. The van der Waals surface area contributed by atoms with Crippen LogP contribution >= 0.6 is 11.3 Å². The molecule has 2 heterocycles. The fourth-order valence-electron chi connectivity index (χ4n) is 2.31. The molecule has 1 aliphatic rings. The maximum atomic E-state index is 12.3. The first-order valence-electron chi connectivity index (χ1n) is 6.62. The topological polar surface area (TPSA) is 40.5 Å². The van der Waals surface area contributed by atoms with Crippen LogP contribution in [-0.2, 0) is 6.42 Å². The summed E-state index contributed by atoms with van der Waals surface area (Å²) in [5, 5.41) is 10.0. The van der Waals surface area contributed by atoms with Gasteiger partial charge in [0.2, 0.25) is 0 Å². The molecule has 1 fully saturated rings. The Balaban J connectivity index is 2.05. The van der Waals surface area contributed by atoms with E-state index in [9.17, 15) is 9.90 Å². The van der Waals surface area contributed by atoms with E-state index in [-0.39, 0.29) is 5.91 Å². The molecule has 2 rings (SSSR count). The molecule has 1 aromatic heterocycles. The number of aryl methyl sites for hydroxylation is 1. The smallest absolute Gasteiger partial charge is 0.263 e. The Morgan fingerprint density at radius 1 is 1.44 bits per heavy atom. The molecule has 100 valence electrons. The van der Waals surface area contributed by atoms with Crippen LogP contribution in [0.5, 0.6) is 0 Å². The fraction of sp³-hybridized carbons (Fsp3) is 0.643. The summed E-state index contributed by atoms with van der Waals surface area (Å²) in [5.41, 5.74) is -0.612. The molecular formula is C14H21NO2S. The van der Waals surface area contributed by atoms with Crippen molar-refractivity contribution in [1.29, 1.82) is 0 Å². The van der Waals surface area contributed by atoms with Crippen LogP contribution in [0.2, 0.25) is 0 Å². The average Bonchev–Trinajstić information content (AvgIpc) is 2.74. The molecule has 1 unspecified atom stereocenters. The predicted octanol–water partition coefficient (Wildman–Crippen LogP) is 2.69. The Kier molecular flexibility index (Phi) is 4.07. The lowest BCUT2D eigenvalue weighted by molar-refractivity contribution is 0.0438. The second kappa shape index (κ2) is 5.41. The molecule has 3 nitrogen and oxygen atoms in total. The summed E-state index contributed by atoms with van der Waals surface area (Å²) < 4.78 is 0. The number of nitrogens with zero attached hydrogens (tertiary/aromatic N) is 1. The van der Waals surface area contributed by atoms with Crippen molar-refractivity contribution in [2.24, 2.45) is 0 Å². The molecular weight excluding hydrogens is 246 g/mol. The Bertz CT molecular complexity index is 425. The molecule has 0 radical (unpaired) electrons. The molecule has 1 atom stereocenters. The van der Waals surface area contributed by atoms with Crippen molar-refractivity contribution >= 4 is 17.2 Å². The van der Waals surface area contributed by atoms with E-state index in [1.54, 1.807) is 11.3 Å². The maximum absolute atomic E-state index is 12.3. The summed E-state index contributed by atoms with van der Waals surface area (Å²) in [5.74, 6) is 0.123. The minimum absolute atomic E-state index is 0.123. The van der Waals surface area contributed by atoms with E-state index in [0.29, 0.717) is 13.0 Å². The highest BCUT2D eigenvalue weighted by Gasteiger charge is 2.27. The Labute approximate surface area is 112 Å². The molecule has 0 spiro atoms. The van der Waals surface area contributed by atoms with Crippen molar-refractivity contribution in [2.75, 3.05) is 13.1 Å². The molecule has 1 aromatic rings. The number of hydrogen-bond donors (Lipinski definition) is 1. The molecule has 0 aromatic carbocycles. The summed E-state index contributed by atoms with van der Waals surface area (Å²) in [6.45, 7) is 5.38. The number of likely N-dealkylation sites (tertiary alicyclic amines) is 1. The quantitative estimate of drug-likeness (QED) is 0.895. The molecule has 1 saturated heterocycles. The summed E-state index contributed by atoms with van der Waals surface area (Å²) in [6, 6.07) is 3.96. The van der Waals surface area contributed by atoms with Gasteiger partial charge in [-0.1, -0.05) is 6.92 Å². The first-order chi connectivity index (χ1) is 8.52. The van der Waals surface area contributed by atoms with Gasteiger partial charge < -0.3 is 10.0 Å². The molecule has 1 N–H and O–H groups in total. The summed E-state index contributed by atoms with van der Waals surface area (Å²) in [7, 11) is 0. The molecule has 18 heavy (non-hydrogen) atoms. The molecule has 0 saturated carbocycles. The van der Waals surface area contributed by atoms with Gasteiger partial charge in [-0.2, -0.15) is 0 Å². The van der Waals surface area contributed by atoms with Gasteiger partial charge in [0.05, 0.1) is 10.5 Å². The first-order valence-corrected chi connectivity index (χ1v) is 7.44. The highest BCUT2D eigenvalue weighted by molar-refractivity contribution is 7.14. The summed E-state index contributed by atoms with van der Waals surface area (Å²) >= 11 is 1.59. The third-order valence-corrected chi connectivity index (χ3v) is 4.79. The monoisotopic (exact) mass is 267 g/mol. The van der Waals surface area contributed by atoms with Crippen LogP contribution in [0.25, 0.3) is 0 Å². The minimum atomic E-state index is -0.612. The van der Waals surface area contributed by atoms with Crippen LogP contribution in [0.1, 0.15) is 47.7 Å². The number of carbonyl (C=O) groups is 1. The van der Waals surface area contributed by atoms with Crippen molar-refractivity contribution in [1.82, 2.24) is 4.90 Å². The van der Waals surface area contributed by atoms with Gasteiger partial charge in [0, 0.05) is 18.0 Å². The van der Waals surface area contributed by atoms with E-state index >= 15 is 0 Å². The van der Waals surface area contributed by atoms with Crippen LogP contribution in [0.15, 0.2) is 12.1 Å². The van der Waals surface area contributed by atoms with Crippen molar-refractivity contribution in [3.8, 4) is 0 Å². The SMILES string of the molecule is CCc1ccc(C(=O)N2CCCC(C)(O)CC2)s1. The van der Waals surface area contributed by atoms with Crippen LogP contribution in [0, 0.1) is 0 Å². The standard InChI is InChI=1S/C14H21NO2S/c1-3-11-5-6-12(18-11)13(16)15-9-4-7-14(2,17)8-10-15/h5-6,17H,3-4,7-10H2,1-2H3. The third-order valence-electron chi connectivity index (χ3n) is 3.57.